The Morgan fingerprint density at radius 2 is 0.929 bits per heavy atom. The van der Waals surface area contributed by atoms with Gasteiger partial charge in [0.2, 0.25) is 0 Å². The van der Waals surface area contributed by atoms with Gasteiger partial charge in [0.05, 0.1) is 0 Å². The highest BCUT2D eigenvalue weighted by Gasteiger charge is 2.38. The lowest BCUT2D eigenvalue weighted by Crippen LogP contribution is -2.14. The van der Waals surface area contributed by atoms with Crippen molar-refractivity contribution in [2.45, 2.75) is 19.3 Å². The Labute approximate surface area is 325 Å². The minimum atomic E-state index is -0.116. The van der Waals surface area contributed by atoms with Crippen molar-refractivity contribution < 1.29 is 4.42 Å². The monoisotopic (exact) mass is 712 g/mol. The molecule has 56 heavy (non-hydrogen) atoms. The SMILES string of the molecule is CC1(C)c2cc3ccccc3cc2-c2c1ccc1c2oc2ccc(-c3cccc(-c4c5ccccc5c(-c5cccc6ccccc56)c5ccccc45)c3)cc21. The summed E-state index contributed by atoms with van der Waals surface area (Å²) in [4.78, 5) is 0. The summed E-state index contributed by atoms with van der Waals surface area (Å²) in [7, 11) is 0. The van der Waals surface area contributed by atoms with Crippen molar-refractivity contribution in [3.63, 3.8) is 0 Å². The molecule has 0 N–H and O–H groups in total. The van der Waals surface area contributed by atoms with Crippen LogP contribution in [0.15, 0.2) is 186 Å². The van der Waals surface area contributed by atoms with Crippen LogP contribution in [0.2, 0.25) is 0 Å². The normalized spacial score (nSPS) is 13.3. The second kappa shape index (κ2) is 11.5. The molecule has 262 valence electrons. The minimum absolute atomic E-state index is 0.116. The van der Waals surface area contributed by atoms with E-state index in [0.29, 0.717) is 0 Å². The van der Waals surface area contributed by atoms with Gasteiger partial charge < -0.3 is 4.42 Å². The molecule has 0 fully saturated rings. The zero-order chi connectivity index (χ0) is 37.1. The van der Waals surface area contributed by atoms with Crippen LogP contribution in [0.25, 0.3) is 110 Å². The molecule has 11 aromatic rings. The number of rotatable bonds is 3. The minimum Gasteiger partial charge on any atom is -0.455 e. The predicted molar refractivity (Wildman–Crippen MR) is 238 cm³/mol. The Balaban J connectivity index is 1.04. The van der Waals surface area contributed by atoms with E-state index in [1.54, 1.807) is 0 Å². The van der Waals surface area contributed by atoms with E-state index >= 15 is 0 Å². The third kappa shape index (κ3) is 4.37. The molecule has 0 unspecified atom stereocenters. The Morgan fingerprint density at radius 1 is 0.339 bits per heavy atom. The van der Waals surface area contributed by atoms with Gasteiger partial charge in [0.1, 0.15) is 11.2 Å². The number of fused-ring (bicyclic) bond motifs is 11. The van der Waals surface area contributed by atoms with Crippen LogP contribution in [0.1, 0.15) is 25.0 Å². The van der Waals surface area contributed by atoms with Crippen molar-refractivity contribution in [2.75, 3.05) is 0 Å². The maximum atomic E-state index is 6.81. The molecule has 1 heterocycles. The van der Waals surface area contributed by atoms with E-state index < -0.39 is 0 Å². The molecule has 0 saturated heterocycles. The first kappa shape index (κ1) is 31.4. The fourth-order valence-electron chi connectivity index (χ4n) is 9.94. The zero-order valence-electron chi connectivity index (χ0n) is 31.2. The third-order valence-electron chi connectivity index (χ3n) is 12.6. The average molecular weight is 713 g/mol. The molecule has 12 rings (SSSR count). The van der Waals surface area contributed by atoms with Gasteiger partial charge in [-0.1, -0.05) is 166 Å². The van der Waals surface area contributed by atoms with Crippen molar-refractivity contribution in [1.82, 2.24) is 0 Å². The van der Waals surface area contributed by atoms with Gasteiger partial charge in [0.25, 0.3) is 0 Å². The molecule has 1 heteroatoms. The Hall–Kier alpha value is -6.96. The van der Waals surface area contributed by atoms with E-state index in [0.717, 1.165) is 21.9 Å². The van der Waals surface area contributed by atoms with E-state index in [2.05, 4.69) is 196 Å². The maximum absolute atomic E-state index is 6.81. The molecule has 1 nitrogen and oxygen atoms in total. The summed E-state index contributed by atoms with van der Waals surface area (Å²) < 4.78 is 6.81. The topological polar surface area (TPSA) is 13.1 Å². The second-order valence-electron chi connectivity index (χ2n) is 16.0. The molecular weight excluding hydrogens is 677 g/mol. The standard InChI is InChI=1S/C55H36O/c1-55(2)48-27-26-45-46-30-37(25-28-50(46)56-54(45)53(48)47-31-35-14-3-4-15-36(35)32-49(47)55)34-17-11-18-38(29-34)51-41-20-7-9-22-43(41)52(44-23-10-8-21-42(44)51)40-24-12-16-33-13-5-6-19-39(33)40/h3-32H,1-2H3. The van der Waals surface area contributed by atoms with Crippen LogP contribution in [0.3, 0.4) is 0 Å². The summed E-state index contributed by atoms with van der Waals surface area (Å²) in [5, 5.41) is 12.4. The fourth-order valence-corrected chi connectivity index (χ4v) is 9.94. The number of furan rings is 1. The lowest BCUT2D eigenvalue weighted by atomic mass is 9.82. The first-order valence-electron chi connectivity index (χ1n) is 19.6. The van der Waals surface area contributed by atoms with Crippen molar-refractivity contribution in [3.05, 3.63) is 193 Å². The molecule has 1 aliphatic carbocycles. The summed E-state index contributed by atoms with van der Waals surface area (Å²) in [5.41, 5.74) is 14.4. The Kier molecular flexibility index (Phi) is 6.46. The summed E-state index contributed by atoms with van der Waals surface area (Å²) in [5.74, 6) is 0. The number of hydrogen-bond acceptors (Lipinski definition) is 1. The smallest absolute Gasteiger partial charge is 0.143 e. The van der Waals surface area contributed by atoms with Crippen molar-refractivity contribution in [2.24, 2.45) is 0 Å². The lowest BCUT2D eigenvalue weighted by Gasteiger charge is -2.21. The molecule has 0 aliphatic heterocycles. The van der Waals surface area contributed by atoms with E-state index in [1.165, 1.54) is 98.7 Å². The maximum Gasteiger partial charge on any atom is 0.143 e. The van der Waals surface area contributed by atoms with Crippen LogP contribution < -0.4 is 0 Å². The summed E-state index contributed by atoms with van der Waals surface area (Å²) >= 11 is 0. The van der Waals surface area contributed by atoms with Crippen LogP contribution in [0.4, 0.5) is 0 Å². The van der Waals surface area contributed by atoms with Gasteiger partial charge in [-0.25, -0.2) is 0 Å². The second-order valence-corrected chi connectivity index (χ2v) is 16.0. The third-order valence-corrected chi connectivity index (χ3v) is 12.6. The van der Waals surface area contributed by atoms with Crippen LogP contribution in [0.5, 0.6) is 0 Å². The highest BCUT2D eigenvalue weighted by molar-refractivity contribution is 6.23. The first-order chi connectivity index (χ1) is 27.5. The average Bonchev–Trinajstić information content (AvgIpc) is 3.73. The van der Waals surface area contributed by atoms with Crippen molar-refractivity contribution >= 4 is 65.0 Å². The molecule has 10 aromatic carbocycles. The zero-order valence-corrected chi connectivity index (χ0v) is 31.2. The van der Waals surface area contributed by atoms with Crippen LogP contribution in [-0.4, -0.2) is 0 Å². The van der Waals surface area contributed by atoms with Crippen LogP contribution in [0, 0.1) is 0 Å². The van der Waals surface area contributed by atoms with Gasteiger partial charge in [-0.05, 0) is 123 Å². The van der Waals surface area contributed by atoms with Gasteiger partial charge in [0, 0.05) is 21.8 Å². The van der Waals surface area contributed by atoms with E-state index in [4.69, 9.17) is 4.42 Å². The highest BCUT2D eigenvalue weighted by Crippen LogP contribution is 2.54. The summed E-state index contributed by atoms with van der Waals surface area (Å²) in [6, 6.07) is 67.1. The molecule has 0 saturated carbocycles. The molecule has 1 aromatic heterocycles. The predicted octanol–water partition coefficient (Wildman–Crippen LogP) is 15.5. The lowest BCUT2D eigenvalue weighted by molar-refractivity contribution is 0.653. The van der Waals surface area contributed by atoms with E-state index in [1.807, 2.05) is 0 Å². The molecule has 0 amide bonds. The molecule has 0 spiro atoms. The van der Waals surface area contributed by atoms with Gasteiger partial charge in [-0.15, -0.1) is 0 Å². The van der Waals surface area contributed by atoms with E-state index in [-0.39, 0.29) is 5.41 Å². The van der Waals surface area contributed by atoms with Crippen molar-refractivity contribution in [3.8, 4) is 44.5 Å². The Morgan fingerprint density at radius 3 is 1.68 bits per heavy atom. The van der Waals surface area contributed by atoms with Gasteiger partial charge >= 0.3 is 0 Å². The van der Waals surface area contributed by atoms with Gasteiger partial charge in [-0.3, -0.25) is 0 Å². The molecule has 0 radical (unpaired) electrons. The molecular formula is C55H36O. The van der Waals surface area contributed by atoms with Gasteiger partial charge in [0.15, 0.2) is 0 Å². The molecule has 0 atom stereocenters. The number of benzene rings is 10. The first-order valence-corrected chi connectivity index (χ1v) is 19.6. The Bertz CT molecular complexity index is 3390. The van der Waals surface area contributed by atoms with Crippen molar-refractivity contribution in [1.29, 1.82) is 0 Å². The summed E-state index contributed by atoms with van der Waals surface area (Å²) in [6.07, 6.45) is 0. The van der Waals surface area contributed by atoms with Crippen LogP contribution >= 0.6 is 0 Å². The fraction of sp³-hybridized carbons (Fsp3) is 0.0545. The quantitative estimate of drug-likeness (QED) is 0.166. The van der Waals surface area contributed by atoms with Gasteiger partial charge in [-0.2, -0.15) is 0 Å². The number of hydrogen-bond donors (Lipinski definition) is 0. The molecule has 0 bridgehead atoms. The van der Waals surface area contributed by atoms with Crippen LogP contribution in [-0.2, 0) is 5.41 Å². The molecule has 1 aliphatic rings. The highest BCUT2D eigenvalue weighted by atomic mass is 16.3. The largest absolute Gasteiger partial charge is 0.455 e. The van der Waals surface area contributed by atoms with E-state index in [9.17, 15) is 0 Å². The summed E-state index contributed by atoms with van der Waals surface area (Å²) in [6.45, 7) is 4.69.